The van der Waals surface area contributed by atoms with E-state index >= 15 is 0 Å². The van der Waals surface area contributed by atoms with E-state index in [1.165, 1.54) is 26.1 Å². The normalized spacial score (nSPS) is 12.6. The Balaban J connectivity index is 2.22. The van der Waals surface area contributed by atoms with Crippen LogP contribution < -0.4 is 21.7 Å². The molecule has 154 valence electrons. The molecule has 0 aliphatic rings. The van der Waals surface area contributed by atoms with Crippen molar-refractivity contribution in [2.45, 2.75) is 31.8 Å². The predicted molar refractivity (Wildman–Crippen MR) is 107 cm³/mol. The summed E-state index contributed by atoms with van der Waals surface area (Å²) in [5.74, 6) is -2.62. The maximum Gasteiger partial charge on any atom is 0.255 e. The number of hydrogen-bond donors (Lipinski definition) is 5. The number of amides is 4. The van der Waals surface area contributed by atoms with Crippen LogP contribution in [0.2, 0.25) is 0 Å². The molecule has 0 saturated heterocycles. The van der Waals surface area contributed by atoms with Gasteiger partial charge in [-0.1, -0.05) is 24.3 Å². The minimum Gasteiger partial charge on any atom is -0.507 e. The summed E-state index contributed by atoms with van der Waals surface area (Å²) in [4.78, 5) is 48.0. The molecule has 0 heterocycles. The molecule has 2 atom stereocenters. The van der Waals surface area contributed by atoms with E-state index in [4.69, 9.17) is 5.73 Å². The fourth-order valence-corrected chi connectivity index (χ4v) is 2.80. The highest BCUT2D eigenvalue weighted by atomic mass is 16.3. The summed E-state index contributed by atoms with van der Waals surface area (Å²) >= 11 is 0. The first kappa shape index (κ1) is 21.7. The van der Waals surface area contributed by atoms with Crippen molar-refractivity contribution in [3.8, 4) is 5.75 Å². The van der Waals surface area contributed by atoms with Crippen molar-refractivity contribution in [1.82, 2.24) is 16.0 Å². The summed E-state index contributed by atoms with van der Waals surface area (Å²) in [5, 5.41) is 19.1. The Morgan fingerprint density at radius 3 is 2.24 bits per heavy atom. The van der Waals surface area contributed by atoms with Gasteiger partial charge in [-0.25, -0.2) is 0 Å². The zero-order valence-corrected chi connectivity index (χ0v) is 16.2. The molecule has 2 aromatic carbocycles. The number of nitrogens with two attached hydrogens (primary N) is 1. The number of carbonyl (C=O) groups excluding carboxylic acids is 4. The maximum absolute atomic E-state index is 12.7. The van der Waals surface area contributed by atoms with E-state index in [9.17, 15) is 24.3 Å². The SMILES string of the molecule is CNC(=O)C(C)NC(=O)C(CCC(N)=O)NC(=O)c1cc2ccccc2cc1O. The molecule has 9 nitrogen and oxygen atoms in total. The van der Waals surface area contributed by atoms with Gasteiger partial charge in [0.1, 0.15) is 17.8 Å². The fraction of sp³-hybridized carbons (Fsp3) is 0.300. The molecule has 0 fully saturated rings. The van der Waals surface area contributed by atoms with Crippen LogP contribution in [0.25, 0.3) is 10.8 Å². The van der Waals surface area contributed by atoms with Crippen LogP contribution >= 0.6 is 0 Å². The summed E-state index contributed by atoms with van der Waals surface area (Å²) in [6, 6.07) is 8.19. The van der Waals surface area contributed by atoms with Crippen molar-refractivity contribution in [2.24, 2.45) is 5.73 Å². The van der Waals surface area contributed by atoms with E-state index < -0.39 is 35.7 Å². The monoisotopic (exact) mass is 400 g/mol. The molecule has 29 heavy (non-hydrogen) atoms. The molecule has 2 unspecified atom stereocenters. The van der Waals surface area contributed by atoms with E-state index in [0.717, 1.165) is 10.8 Å². The van der Waals surface area contributed by atoms with Crippen LogP contribution in [0, 0.1) is 0 Å². The largest absolute Gasteiger partial charge is 0.507 e. The molecular formula is C20H24N4O5. The van der Waals surface area contributed by atoms with Crippen molar-refractivity contribution >= 4 is 34.4 Å². The summed E-state index contributed by atoms with van der Waals surface area (Å²) < 4.78 is 0. The highest BCUT2D eigenvalue weighted by molar-refractivity contribution is 6.03. The van der Waals surface area contributed by atoms with Gasteiger partial charge in [-0.15, -0.1) is 0 Å². The Morgan fingerprint density at radius 1 is 1.03 bits per heavy atom. The second-order valence-electron chi connectivity index (χ2n) is 6.59. The molecule has 2 rings (SSSR count). The lowest BCUT2D eigenvalue weighted by molar-refractivity contribution is -0.129. The topological polar surface area (TPSA) is 151 Å². The van der Waals surface area contributed by atoms with Crippen molar-refractivity contribution in [1.29, 1.82) is 0 Å². The van der Waals surface area contributed by atoms with Crippen LogP contribution in [0.15, 0.2) is 36.4 Å². The Hall–Kier alpha value is -3.62. The van der Waals surface area contributed by atoms with Gasteiger partial charge in [0.25, 0.3) is 5.91 Å². The van der Waals surface area contributed by atoms with Crippen LogP contribution in [0.1, 0.15) is 30.1 Å². The lowest BCUT2D eigenvalue weighted by atomic mass is 10.0. The van der Waals surface area contributed by atoms with E-state index in [1.54, 1.807) is 24.3 Å². The van der Waals surface area contributed by atoms with E-state index in [-0.39, 0.29) is 24.2 Å². The number of phenols is 1. The van der Waals surface area contributed by atoms with Crippen LogP contribution in [-0.2, 0) is 14.4 Å². The van der Waals surface area contributed by atoms with Gasteiger partial charge in [0.05, 0.1) is 5.56 Å². The van der Waals surface area contributed by atoms with E-state index in [0.29, 0.717) is 0 Å². The number of phenolic OH excluding ortho intramolecular Hbond substituents is 1. The first-order valence-electron chi connectivity index (χ1n) is 9.05. The molecule has 0 bridgehead atoms. The molecule has 9 heteroatoms. The van der Waals surface area contributed by atoms with Gasteiger partial charge in [-0.05, 0) is 36.2 Å². The molecule has 0 aliphatic carbocycles. The standard InChI is InChI=1S/C20H24N4O5/c1-11(18(27)22-2)23-20(29)15(7-8-17(21)26)24-19(28)14-9-12-5-3-4-6-13(12)10-16(14)25/h3-6,9-11,15,25H,7-8H2,1-2H3,(H2,21,26)(H,22,27)(H,23,29)(H,24,28). The fourth-order valence-electron chi connectivity index (χ4n) is 2.80. The van der Waals surface area contributed by atoms with Gasteiger partial charge in [0.15, 0.2) is 0 Å². The van der Waals surface area contributed by atoms with Gasteiger partial charge in [-0.2, -0.15) is 0 Å². The molecule has 0 aromatic heterocycles. The molecule has 4 amide bonds. The van der Waals surface area contributed by atoms with Gasteiger partial charge in [0, 0.05) is 13.5 Å². The minimum atomic E-state index is -1.12. The predicted octanol–water partition coefficient (Wildman–Crippen LogP) is 0.160. The average molecular weight is 400 g/mol. The van der Waals surface area contributed by atoms with E-state index in [2.05, 4.69) is 16.0 Å². The quantitative estimate of drug-likeness (QED) is 0.428. The van der Waals surface area contributed by atoms with Crippen LogP contribution in [0.5, 0.6) is 5.75 Å². The number of aromatic hydroxyl groups is 1. The van der Waals surface area contributed by atoms with Gasteiger partial charge in [-0.3, -0.25) is 19.2 Å². The third-order valence-electron chi connectivity index (χ3n) is 4.41. The summed E-state index contributed by atoms with van der Waals surface area (Å²) in [5.41, 5.74) is 5.14. The summed E-state index contributed by atoms with van der Waals surface area (Å²) in [7, 11) is 1.43. The highest BCUT2D eigenvalue weighted by Crippen LogP contribution is 2.25. The zero-order chi connectivity index (χ0) is 21.6. The molecule has 0 saturated carbocycles. The number of hydrogen-bond acceptors (Lipinski definition) is 5. The number of fused-ring (bicyclic) bond motifs is 1. The number of primary amides is 1. The van der Waals surface area contributed by atoms with Gasteiger partial charge in [0.2, 0.25) is 17.7 Å². The second-order valence-corrected chi connectivity index (χ2v) is 6.59. The number of rotatable bonds is 8. The van der Waals surface area contributed by atoms with Gasteiger partial charge >= 0.3 is 0 Å². The Labute approximate surface area is 167 Å². The Bertz CT molecular complexity index is 944. The number of carbonyl (C=O) groups is 4. The Kier molecular flexibility index (Phi) is 7.13. The average Bonchev–Trinajstić information content (AvgIpc) is 2.69. The lowest BCUT2D eigenvalue weighted by Gasteiger charge is -2.21. The molecule has 0 spiro atoms. The van der Waals surface area contributed by atoms with Crippen LogP contribution in [-0.4, -0.2) is 47.9 Å². The number of benzene rings is 2. The summed E-state index contributed by atoms with van der Waals surface area (Å²) in [6.07, 6.45) is -0.196. The van der Waals surface area contributed by atoms with E-state index in [1.807, 2.05) is 0 Å². The first-order chi connectivity index (χ1) is 13.7. The molecule has 0 radical (unpaired) electrons. The summed E-state index contributed by atoms with van der Waals surface area (Å²) in [6.45, 7) is 1.48. The second kappa shape index (κ2) is 9.54. The number of likely N-dealkylation sites (N-methyl/N-ethyl adjacent to an activating group) is 1. The van der Waals surface area contributed by atoms with Crippen LogP contribution in [0.3, 0.4) is 0 Å². The van der Waals surface area contributed by atoms with Gasteiger partial charge < -0.3 is 26.8 Å². The third-order valence-corrected chi connectivity index (χ3v) is 4.41. The lowest BCUT2D eigenvalue weighted by Crippen LogP contribution is -2.52. The zero-order valence-electron chi connectivity index (χ0n) is 16.2. The maximum atomic E-state index is 12.7. The third kappa shape index (κ3) is 5.68. The molecule has 2 aromatic rings. The van der Waals surface area contributed by atoms with Crippen molar-refractivity contribution in [3.05, 3.63) is 42.0 Å². The number of nitrogens with one attached hydrogen (secondary N) is 3. The first-order valence-corrected chi connectivity index (χ1v) is 9.05. The molecular weight excluding hydrogens is 376 g/mol. The molecule has 0 aliphatic heterocycles. The smallest absolute Gasteiger partial charge is 0.255 e. The highest BCUT2D eigenvalue weighted by Gasteiger charge is 2.26. The molecule has 6 N–H and O–H groups in total. The Morgan fingerprint density at radius 2 is 1.66 bits per heavy atom. The minimum absolute atomic E-state index is 0.0140. The van der Waals surface area contributed by atoms with Crippen LogP contribution in [0.4, 0.5) is 0 Å². The van der Waals surface area contributed by atoms with Crippen molar-refractivity contribution < 1.29 is 24.3 Å². The van der Waals surface area contributed by atoms with Crippen molar-refractivity contribution in [2.75, 3.05) is 7.05 Å². The van der Waals surface area contributed by atoms with Crippen molar-refractivity contribution in [3.63, 3.8) is 0 Å².